The maximum atomic E-state index is 9.31. The smallest absolute Gasteiger partial charge is 0.158 e. The van der Waals surface area contributed by atoms with Crippen molar-refractivity contribution in [1.29, 1.82) is 0 Å². The van der Waals surface area contributed by atoms with Gasteiger partial charge in [0.2, 0.25) is 0 Å². The number of aliphatic imine (C=N–C) groups is 1. The summed E-state index contributed by atoms with van der Waals surface area (Å²) >= 11 is 4.18. The van der Waals surface area contributed by atoms with Crippen molar-refractivity contribution in [2.45, 2.75) is 4.90 Å². The first-order valence-electron chi connectivity index (χ1n) is 5.00. The summed E-state index contributed by atoms with van der Waals surface area (Å²) in [6, 6.07) is 11.9. The maximum absolute atomic E-state index is 9.31. The Morgan fingerprint density at radius 1 is 0.941 bits per heavy atom. The molecular weight excluding hydrogens is 234 g/mol. The molecule has 0 unspecified atom stereocenters. The molecule has 0 saturated carbocycles. The first-order valence-corrected chi connectivity index (χ1v) is 5.45. The molecule has 2 N–H and O–H groups in total. The molecule has 2 rings (SSSR count). The molecule has 0 amide bonds. The molecule has 0 heterocycles. The Bertz CT molecular complexity index is 550. The number of phenolic OH excluding ortho intramolecular Hbond substituents is 2. The van der Waals surface area contributed by atoms with Crippen LogP contribution < -0.4 is 0 Å². The van der Waals surface area contributed by atoms with Crippen molar-refractivity contribution >= 4 is 24.5 Å². The van der Waals surface area contributed by atoms with Gasteiger partial charge in [-0.05, 0) is 48.0 Å². The lowest BCUT2D eigenvalue weighted by molar-refractivity contribution is 0.403. The van der Waals surface area contributed by atoms with Crippen LogP contribution in [0.25, 0.3) is 0 Å². The Hall–Kier alpha value is -1.94. The highest BCUT2D eigenvalue weighted by atomic mass is 32.1. The van der Waals surface area contributed by atoms with E-state index >= 15 is 0 Å². The lowest BCUT2D eigenvalue weighted by atomic mass is 10.2. The Morgan fingerprint density at radius 2 is 1.65 bits per heavy atom. The fourth-order valence-corrected chi connectivity index (χ4v) is 1.46. The van der Waals surface area contributed by atoms with Crippen molar-refractivity contribution in [3.63, 3.8) is 0 Å². The van der Waals surface area contributed by atoms with Gasteiger partial charge in [-0.1, -0.05) is 0 Å². The van der Waals surface area contributed by atoms with Crippen molar-refractivity contribution in [1.82, 2.24) is 0 Å². The Morgan fingerprint density at radius 3 is 2.29 bits per heavy atom. The van der Waals surface area contributed by atoms with Crippen LogP contribution in [0.1, 0.15) is 5.56 Å². The van der Waals surface area contributed by atoms with Gasteiger partial charge in [-0.25, -0.2) is 0 Å². The third kappa shape index (κ3) is 3.01. The van der Waals surface area contributed by atoms with Gasteiger partial charge in [0.25, 0.3) is 0 Å². The summed E-state index contributed by atoms with van der Waals surface area (Å²) in [6.45, 7) is 0. The summed E-state index contributed by atoms with van der Waals surface area (Å²) in [5.74, 6) is -0.291. The zero-order chi connectivity index (χ0) is 12.3. The largest absolute Gasteiger partial charge is 0.504 e. The third-order valence-corrected chi connectivity index (χ3v) is 2.51. The molecule has 0 bridgehead atoms. The second-order valence-corrected chi connectivity index (χ2v) is 4.04. The molecule has 86 valence electrons. The molecule has 0 aliphatic heterocycles. The zero-order valence-electron chi connectivity index (χ0n) is 8.91. The zero-order valence-corrected chi connectivity index (χ0v) is 9.80. The molecule has 0 spiro atoms. The van der Waals surface area contributed by atoms with Crippen molar-refractivity contribution in [2.75, 3.05) is 0 Å². The van der Waals surface area contributed by atoms with Crippen molar-refractivity contribution in [3.8, 4) is 11.5 Å². The molecule has 2 aromatic carbocycles. The van der Waals surface area contributed by atoms with Gasteiger partial charge < -0.3 is 10.2 Å². The number of thiol groups is 1. The second-order valence-electron chi connectivity index (χ2n) is 3.52. The molecule has 0 saturated heterocycles. The molecule has 3 nitrogen and oxygen atoms in total. The van der Waals surface area contributed by atoms with Gasteiger partial charge in [-0.15, -0.1) is 12.6 Å². The van der Waals surface area contributed by atoms with Crippen LogP contribution in [0.4, 0.5) is 5.69 Å². The third-order valence-electron chi connectivity index (χ3n) is 2.21. The van der Waals surface area contributed by atoms with Gasteiger partial charge in [0, 0.05) is 11.1 Å². The van der Waals surface area contributed by atoms with Crippen LogP contribution in [0, 0.1) is 0 Å². The molecule has 0 atom stereocenters. The first kappa shape index (κ1) is 11.5. The highest BCUT2D eigenvalue weighted by molar-refractivity contribution is 7.80. The summed E-state index contributed by atoms with van der Waals surface area (Å²) in [5, 5.41) is 18.5. The number of hydrogen-bond acceptors (Lipinski definition) is 4. The number of rotatable bonds is 2. The Labute approximate surface area is 104 Å². The van der Waals surface area contributed by atoms with Gasteiger partial charge in [0.15, 0.2) is 11.5 Å². The molecular formula is C13H11NO2S. The van der Waals surface area contributed by atoms with Gasteiger partial charge >= 0.3 is 0 Å². The van der Waals surface area contributed by atoms with Crippen LogP contribution in [-0.2, 0) is 0 Å². The van der Waals surface area contributed by atoms with E-state index in [0.717, 1.165) is 16.1 Å². The number of benzene rings is 2. The highest BCUT2D eigenvalue weighted by Gasteiger charge is 1.98. The summed E-state index contributed by atoms with van der Waals surface area (Å²) in [6.07, 6.45) is 1.62. The van der Waals surface area contributed by atoms with Gasteiger partial charge in [0.1, 0.15) is 0 Å². The Kier molecular flexibility index (Phi) is 3.35. The number of phenols is 2. The maximum Gasteiger partial charge on any atom is 0.158 e. The summed E-state index contributed by atoms with van der Waals surface area (Å²) in [7, 11) is 0. The minimum absolute atomic E-state index is 0.137. The van der Waals surface area contributed by atoms with Gasteiger partial charge in [0.05, 0.1) is 5.69 Å². The Balaban J connectivity index is 2.20. The quantitative estimate of drug-likeness (QED) is 0.432. The number of aromatic hydroxyl groups is 2. The van der Waals surface area contributed by atoms with E-state index in [4.69, 9.17) is 5.11 Å². The summed E-state index contributed by atoms with van der Waals surface area (Å²) in [4.78, 5) is 5.12. The molecule has 4 heteroatoms. The molecule has 2 aromatic rings. The van der Waals surface area contributed by atoms with Gasteiger partial charge in [-0.2, -0.15) is 0 Å². The monoisotopic (exact) mass is 245 g/mol. The minimum atomic E-state index is -0.153. The van der Waals surface area contributed by atoms with E-state index in [-0.39, 0.29) is 11.5 Å². The lowest BCUT2D eigenvalue weighted by Crippen LogP contribution is -1.80. The normalized spacial score (nSPS) is 10.9. The van der Waals surface area contributed by atoms with E-state index in [0.29, 0.717) is 0 Å². The average Bonchev–Trinajstić information content (AvgIpc) is 2.33. The number of nitrogens with zero attached hydrogens (tertiary/aromatic N) is 1. The van der Waals surface area contributed by atoms with Crippen LogP contribution in [0.5, 0.6) is 11.5 Å². The van der Waals surface area contributed by atoms with Crippen LogP contribution >= 0.6 is 12.6 Å². The van der Waals surface area contributed by atoms with Crippen LogP contribution in [0.3, 0.4) is 0 Å². The molecule has 0 fully saturated rings. The second kappa shape index (κ2) is 4.93. The lowest BCUT2D eigenvalue weighted by Gasteiger charge is -1.98. The first-order chi connectivity index (χ1) is 8.15. The molecule has 0 aliphatic carbocycles. The topological polar surface area (TPSA) is 52.8 Å². The standard InChI is InChI=1S/C13H11NO2S/c15-12-6-1-9(7-13(12)16)8-14-10-2-4-11(17)5-3-10/h1-8,15-17H. The predicted molar refractivity (Wildman–Crippen MR) is 70.7 cm³/mol. The van der Waals surface area contributed by atoms with Gasteiger partial charge in [-0.3, -0.25) is 4.99 Å². The van der Waals surface area contributed by atoms with E-state index in [2.05, 4.69) is 17.6 Å². The molecule has 17 heavy (non-hydrogen) atoms. The average molecular weight is 245 g/mol. The van der Waals surface area contributed by atoms with Crippen LogP contribution in [-0.4, -0.2) is 16.4 Å². The van der Waals surface area contributed by atoms with E-state index < -0.39 is 0 Å². The van der Waals surface area contributed by atoms with E-state index in [1.165, 1.54) is 12.1 Å². The van der Waals surface area contributed by atoms with Crippen molar-refractivity contribution < 1.29 is 10.2 Å². The number of hydrogen-bond donors (Lipinski definition) is 3. The van der Waals surface area contributed by atoms with Crippen molar-refractivity contribution in [2.24, 2.45) is 4.99 Å². The minimum Gasteiger partial charge on any atom is -0.504 e. The van der Waals surface area contributed by atoms with Crippen LogP contribution in [0.15, 0.2) is 52.4 Å². The summed E-state index contributed by atoms with van der Waals surface area (Å²) in [5.41, 5.74) is 1.52. The molecule has 0 radical (unpaired) electrons. The predicted octanol–water partition coefficient (Wildman–Crippen LogP) is 3.14. The van der Waals surface area contributed by atoms with Crippen LogP contribution in [0.2, 0.25) is 0 Å². The van der Waals surface area contributed by atoms with E-state index in [9.17, 15) is 5.11 Å². The van der Waals surface area contributed by atoms with E-state index in [1.807, 2.05) is 24.3 Å². The summed E-state index contributed by atoms with van der Waals surface area (Å²) < 4.78 is 0. The van der Waals surface area contributed by atoms with Crippen molar-refractivity contribution in [3.05, 3.63) is 48.0 Å². The van der Waals surface area contributed by atoms with E-state index in [1.54, 1.807) is 12.3 Å². The molecule has 0 aliphatic rings. The fraction of sp³-hybridized carbons (Fsp3) is 0. The molecule has 0 aromatic heterocycles. The fourth-order valence-electron chi connectivity index (χ4n) is 1.31. The SMILES string of the molecule is Oc1ccc(C=Nc2ccc(S)cc2)cc1O. The highest BCUT2D eigenvalue weighted by Crippen LogP contribution is 2.24.